The molecule has 1 fully saturated rings. The summed E-state index contributed by atoms with van der Waals surface area (Å²) in [4.78, 5) is 13.4. The van der Waals surface area contributed by atoms with Gasteiger partial charge in [0.2, 0.25) is 5.91 Å². The average molecular weight is 234 g/mol. The minimum atomic E-state index is 0.0365. The molecule has 0 radical (unpaired) electrons. The number of hydrogen-bond donors (Lipinski definition) is 0. The van der Waals surface area contributed by atoms with E-state index in [1.54, 1.807) is 4.90 Å². The molecule has 1 saturated carbocycles. The fourth-order valence-corrected chi connectivity index (χ4v) is 2.43. The Kier molecular flexibility index (Phi) is 5.40. The van der Waals surface area contributed by atoms with Crippen molar-refractivity contribution in [1.29, 1.82) is 0 Å². The highest BCUT2D eigenvalue weighted by Gasteiger charge is 2.29. The molecule has 4 heteroatoms. The number of carbonyl (C=O) groups excluding carboxylic acids is 1. The zero-order valence-corrected chi connectivity index (χ0v) is 10.3. The molecule has 0 aromatic rings. The molecule has 0 aliphatic heterocycles. The first-order valence-electron chi connectivity index (χ1n) is 5.64. The number of halogens is 1. The summed E-state index contributed by atoms with van der Waals surface area (Å²) in [5.41, 5.74) is 0. The summed E-state index contributed by atoms with van der Waals surface area (Å²) in [7, 11) is 1.83. The molecule has 1 rings (SSSR count). The highest BCUT2D eigenvalue weighted by molar-refractivity contribution is 6.21. The van der Waals surface area contributed by atoms with Crippen molar-refractivity contribution in [3.8, 4) is 0 Å². The predicted octanol–water partition coefficient (Wildman–Crippen LogP) is 2.03. The van der Waals surface area contributed by atoms with Gasteiger partial charge in [-0.05, 0) is 19.8 Å². The maximum absolute atomic E-state index is 11.7. The average Bonchev–Trinajstić information content (AvgIpc) is 2.25. The van der Waals surface area contributed by atoms with E-state index in [0.29, 0.717) is 6.61 Å². The Labute approximate surface area is 96.7 Å². The number of nitrogens with zero attached hydrogens (tertiary/aromatic N) is 1. The maximum atomic E-state index is 11.7. The van der Waals surface area contributed by atoms with Gasteiger partial charge in [-0.15, -0.1) is 11.6 Å². The van der Waals surface area contributed by atoms with Gasteiger partial charge in [0.1, 0.15) is 6.61 Å². The lowest BCUT2D eigenvalue weighted by Crippen LogP contribution is -2.45. The Hall–Kier alpha value is -0.280. The third-order valence-corrected chi connectivity index (χ3v) is 3.48. The van der Waals surface area contributed by atoms with E-state index in [1.807, 2.05) is 14.0 Å². The lowest BCUT2D eigenvalue weighted by molar-refractivity contribution is -0.137. The van der Waals surface area contributed by atoms with Gasteiger partial charge in [-0.1, -0.05) is 12.8 Å². The lowest BCUT2D eigenvalue weighted by Gasteiger charge is -2.34. The number of rotatable bonds is 4. The maximum Gasteiger partial charge on any atom is 0.248 e. The van der Waals surface area contributed by atoms with E-state index in [4.69, 9.17) is 16.3 Å². The van der Waals surface area contributed by atoms with Crippen molar-refractivity contribution < 1.29 is 9.53 Å². The zero-order valence-electron chi connectivity index (χ0n) is 9.54. The minimum absolute atomic E-state index is 0.0365. The lowest BCUT2D eigenvalue weighted by atomic mass is 9.94. The van der Waals surface area contributed by atoms with Crippen LogP contribution in [0.2, 0.25) is 0 Å². The van der Waals surface area contributed by atoms with Gasteiger partial charge in [0.25, 0.3) is 0 Å². The van der Waals surface area contributed by atoms with Crippen LogP contribution in [0.4, 0.5) is 0 Å². The third-order valence-electron chi connectivity index (χ3n) is 2.97. The molecular formula is C11H20ClNO2. The van der Waals surface area contributed by atoms with Crippen molar-refractivity contribution in [2.24, 2.45) is 0 Å². The van der Waals surface area contributed by atoms with Crippen LogP contribution in [0.25, 0.3) is 0 Å². The molecular weight excluding hydrogens is 214 g/mol. The highest BCUT2D eigenvalue weighted by atomic mass is 35.5. The van der Waals surface area contributed by atoms with Gasteiger partial charge >= 0.3 is 0 Å². The van der Waals surface area contributed by atoms with Gasteiger partial charge in [-0.2, -0.15) is 0 Å². The van der Waals surface area contributed by atoms with Crippen molar-refractivity contribution in [2.75, 3.05) is 20.3 Å². The summed E-state index contributed by atoms with van der Waals surface area (Å²) in [6, 6.07) is 0.188. The minimum Gasteiger partial charge on any atom is -0.372 e. The fraction of sp³-hybridized carbons (Fsp3) is 0.909. The molecule has 1 aliphatic rings. The quantitative estimate of drug-likeness (QED) is 0.696. The van der Waals surface area contributed by atoms with Crippen LogP contribution < -0.4 is 0 Å². The Morgan fingerprint density at radius 1 is 1.47 bits per heavy atom. The second kappa shape index (κ2) is 6.33. The molecule has 3 nitrogen and oxygen atoms in total. The van der Waals surface area contributed by atoms with Gasteiger partial charge in [-0.25, -0.2) is 0 Å². The van der Waals surface area contributed by atoms with E-state index in [2.05, 4.69) is 0 Å². The first-order chi connectivity index (χ1) is 7.16. The molecule has 2 unspecified atom stereocenters. The first-order valence-corrected chi connectivity index (χ1v) is 6.08. The van der Waals surface area contributed by atoms with Gasteiger partial charge in [0.15, 0.2) is 0 Å². The molecule has 0 N–H and O–H groups in total. The van der Waals surface area contributed by atoms with E-state index in [1.165, 1.54) is 12.8 Å². The third kappa shape index (κ3) is 3.65. The summed E-state index contributed by atoms with van der Waals surface area (Å²) in [6.07, 6.45) is 4.37. The second-order valence-electron chi connectivity index (χ2n) is 4.01. The van der Waals surface area contributed by atoms with E-state index < -0.39 is 0 Å². The molecule has 0 aromatic carbocycles. The second-order valence-corrected chi connectivity index (χ2v) is 4.57. The number of amides is 1. The van der Waals surface area contributed by atoms with Crippen molar-refractivity contribution in [2.45, 2.75) is 44.0 Å². The number of hydrogen-bond acceptors (Lipinski definition) is 2. The molecule has 1 amide bonds. The van der Waals surface area contributed by atoms with Crippen LogP contribution in [0.15, 0.2) is 0 Å². The van der Waals surface area contributed by atoms with Crippen molar-refractivity contribution in [3.63, 3.8) is 0 Å². The summed E-state index contributed by atoms with van der Waals surface area (Å²) in [6.45, 7) is 2.64. The van der Waals surface area contributed by atoms with E-state index in [9.17, 15) is 4.79 Å². The number of alkyl halides is 1. The summed E-state index contributed by atoms with van der Waals surface area (Å²) in [5.74, 6) is 0.0365. The Morgan fingerprint density at radius 3 is 2.73 bits per heavy atom. The Balaban J connectivity index is 2.42. The Morgan fingerprint density at radius 2 is 2.13 bits per heavy atom. The molecule has 0 heterocycles. The molecule has 15 heavy (non-hydrogen) atoms. The van der Waals surface area contributed by atoms with Gasteiger partial charge in [0.05, 0.1) is 5.38 Å². The molecule has 2 atom stereocenters. The number of carbonyl (C=O) groups is 1. The smallest absolute Gasteiger partial charge is 0.248 e. The topological polar surface area (TPSA) is 29.5 Å². The van der Waals surface area contributed by atoms with Gasteiger partial charge in [-0.3, -0.25) is 4.79 Å². The number of likely N-dealkylation sites (N-methyl/N-ethyl adjacent to an activating group) is 1. The summed E-state index contributed by atoms with van der Waals surface area (Å²) < 4.78 is 5.11. The fourth-order valence-electron chi connectivity index (χ4n) is 1.98. The largest absolute Gasteiger partial charge is 0.372 e. The van der Waals surface area contributed by atoms with Crippen molar-refractivity contribution >= 4 is 17.5 Å². The van der Waals surface area contributed by atoms with Crippen LogP contribution >= 0.6 is 11.6 Å². The molecule has 0 aromatic heterocycles. The highest BCUT2D eigenvalue weighted by Crippen LogP contribution is 2.26. The summed E-state index contributed by atoms with van der Waals surface area (Å²) in [5, 5.41) is 0.106. The van der Waals surface area contributed by atoms with Crippen LogP contribution in [0.1, 0.15) is 32.6 Å². The number of ether oxygens (including phenoxy) is 1. The van der Waals surface area contributed by atoms with Crippen LogP contribution in [-0.2, 0) is 9.53 Å². The SMILES string of the molecule is CCOCC(=O)N(C)C1CCCCC1Cl. The van der Waals surface area contributed by atoms with E-state index in [-0.39, 0.29) is 23.9 Å². The van der Waals surface area contributed by atoms with Crippen molar-refractivity contribution in [3.05, 3.63) is 0 Å². The molecule has 0 spiro atoms. The summed E-state index contributed by atoms with van der Waals surface area (Å²) >= 11 is 6.22. The predicted molar refractivity (Wildman–Crippen MR) is 61.2 cm³/mol. The van der Waals surface area contributed by atoms with E-state index >= 15 is 0 Å². The first kappa shape index (κ1) is 12.8. The van der Waals surface area contributed by atoms with Gasteiger partial charge in [0, 0.05) is 19.7 Å². The molecule has 88 valence electrons. The molecule has 1 aliphatic carbocycles. The molecule has 0 saturated heterocycles. The monoisotopic (exact) mass is 233 g/mol. The van der Waals surface area contributed by atoms with Crippen molar-refractivity contribution in [1.82, 2.24) is 4.90 Å². The van der Waals surface area contributed by atoms with Crippen LogP contribution in [0, 0.1) is 0 Å². The van der Waals surface area contributed by atoms with E-state index in [0.717, 1.165) is 12.8 Å². The normalized spacial score (nSPS) is 26.3. The Bertz CT molecular complexity index is 211. The standard InChI is InChI=1S/C11H20ClNO2/c1-3-15-8-11(14)13(2)10-7-5-4-6-9(10)12/h9-10H,3-8H2,1-2H3. The van der Waals surface area contributed by atoms with Crippen LogP contribution in [0.3, 0.4) is 0 Å². The van der Waals surface area contributed by atoms with Crippen LogP contribution in [-0.4, -0.2) is 42.5 Å². The van der Waals surface area contributed by atoms with Gasteiger partial charge < -0.3 is 9.64 Å². The zero-order chi connectivity index (χ0) is 11.3. The molecule has 0 bridgehead atoms. The van der Waals surface area contributed by atoms with Crippen LogP contribution in [0.5, 0.6) is 0 Å².